The molecular weight excluding hydrogens is 172 g/mol. The standard InChI is InChI=1S/C12H19Si/c1-9-8-12(4,11(3)10(9)2)13-6-5-7-13/h13H,5-7H2,1-4H3. The Hall–Kier alpha value is -0.303. The fourth-order valence-corrected chi connectivity index (χ4v) is 5.86. The molecule has 0 aromatic carbocycles. The van der Waals surface area contributed by atoms with Gasteiger partial charge in [-0.15, -0.1) is 0 Å². The Balaban J connectivity index is 2.34. The van der Waals surface area contributed by atoms with Gasteiger partial charge in [-0.3, -0.25) is 0 Å². The Kier molecular flexibility index (Phi) is 2.03. The molecule has 1 heterocycles. The Morgan fingerprint density at radius 3 is 2.15 bits per heavy atom. The molecule has 1 radical (unpaired) electrons. The first-order valence-electron chi connectivity index (χ1n) is 5.36. The minimum absolute atomic E-state index is 0.423. The number of allylic oxidation sites excluding steroid dienone is 4. The molecule has 0 bridgehead atoms. The molecule has 0 saturated carbocycles. The largest absolute Gasteiger partial charge is 0.0629 e. The van der Waals surface area contributed by atoms with Crippen LogP contribution in [0.2, 0.25) is 17.1 Å². The van der Waals surface area contributed by atoms with Crippen molar-refractivity contribution in [3.8, 4) is 0 Å². The molecular formula is C12H19Si. The van der Waals surface area contributed by atoms with Gasteiger partial charge in [0.25, 0.3) is 0 Å². The second-order valence-corrected chi connectivity index (χ2v) is 8.53. The van der Waals surface area contributed by atoms with Crippen molar-refractivity contribution in [1.82, 2.24) is 0 Å². The molecule has 13 heavy (non-hydrogen) atoms. The van der Waals surface area contributed by atoms with Crippen molar-refractivity contribution in [2.24, 2.45) is 0 Å². The molecule has 0 N–H and O–H groups in total. The van der Waals surface area contributed by atoms with Crippen LogP contribution in [0, 0.1) is 6.08 Å². The zero-order valence-electron chi connectivity index (χ0n) is 9.20. The topological polar surface area (TPSA) is 0 Å². The van der Waals surface area contributed by atoms with Crippen molar-refractivity contribution in [1.29, 1.82) is 0 Å². The van der Waals surface area contributed by atoms with Crippen LogP contribution in [0.4, 0.5) is 0 Å². The average molecular weight is 191 g/mol. The van der Waals surface area contributed by atoms with Crippen molar-refractivity contribution in [3.05, 3.63) is 22.8 Å². The maximum Gasteiger partial charge on any atom is 0.0536 e. The van der Waals surface area contributed by atoms with E-state index in [-0.39, 0.29) is 0 Å². The monoisotopic (exact) mass is 191 g/mol. The zero-order valence-corrected chi connectivity index (χ0v) is 10.4. The van der Waals surface area contributed by atoms with Crippen LogP contribution in [0.5, 0.6) is 0 Å². The number of hydrogen-bond acceptors (Lipinski definition) is 0. The predicted molar refractivity (Wildman–Crippen MR) is 60.6 cm³/mol. The van der Waals surface area contributed by atoms with Crippen molar-refractivity contribution in [2.75, 3.05) is 0 Å². The minimum atomic E-state index is -0.493. The lowest BCUT2D eigenvalue weighted by Gasteiger charge is -2.39. The van der Waals surface area contributed by atoms with Gasteiger partial charge in [0, 0.05) is 5.04 Å². The van der Waals surface area contributed by atoms with Crippen LogP contribution < -0.4 is 0 Å². The van der Waals surface area contributed by atoms with Crippen LogP contribution in [0.25, 0.3) is 0 Å². The minimum Gasteiger partial charge on any atom is -0.0629 e. The van der Waals surface area contributed by atoms with Gasteiger partial charge in [0.2, 0.25) is 0 Å². The quantitative estimate of drug-likeness (QED) is 0.557. The summed E-state index contributed by atoms with van der Waals surface area (Å²) in [6.07, 6.45) is 5.22. The normalized spacial score (nSPS) is 34.9. The maximum absolute atomic E-state index is 3.74. The van der Waals surface area contributed by atoms with Gasteiger partial charge in [0.05, 0.1) is 8.80 Å². The van der Waals surface area contributed by atoms with Gasteiger partial charge in [0.1, 0.15) is 0 Å². The maximum atomic E-state index is 3.74. The highest BCUT2D eigenvalue weighted by Crippen LogP contribution is 2.53. The van der Waals surface area contributed by atoms with Crippen molar-refractivity contribution >= 4 is 8.80 Å². The average Bonchev–Trinajstić information content (AvgIpc) is 2.12. The molecule has 1 atom stereocenters. The summed E-state index contributed by atoms with van der Waals surface area (Å²) in [6.45, 7) is 9.23. The molecule has 0 amide bonds. The van der Waals surface area contributed by atoms with E-state index in [1.54, 1.807) is 17.7 Å². The van der Waals surface area contributed by atoms with Crippen LogP contribution in [-0.2, 0) is 0 Å². The van der Waals surface area contributed by atoms with Gasteiger partial charge < -0.3 is 0 Å². The first-order valence-corrected chi connectivity index (χ1v) is 7.57. The first kappa shape index (κ1) is 9.26. The third-order valence-electron chi connectivity index (χ3n) is 4.27. The van der Waals surface area contributed by atoms with Gasteiger partial charge in [-0.05, 0) is 38.0 Å². The summed E-state index contributed by atoms with van der Waals surface area (Å²) in [5.74, 6) is 0. The van der Waals surface area contributed by atoms with Crippen molar-refractivity contribution in [2.45, 2.75) is 51.2 Å². The summed E-state index contributed by atoms with van der Waals surface area (Å²) >= 11 is 0. The van der Waals surface area contributed by atoms with E-state index < -0.39 is 8.80 Å². The smallest absolute Gasteiger partial charge is 0.0536 e. The molecule has 0 nitrogen and oxygen atoms in total. The van der Waals surface area contributed by atoms with Crippen LogP contribution in [-0.4, -0.2) is 8.80 Å². The highest BCUT2D eigenvalue weighted by atomic mass is 28.3. The summed E-state index contributed by atoms with van der Waals surface area (Å²) in [6, 6.07) is 3.09. The van der Waals surface area contributed by atoms with Gasteiger partial charge in [0.15, 0.2) is 0 Å². The van der Waals surface area contributed by atoms with E-state index in [9.17, 15) is 0 Å². The van der Waals surface area contributed by atoms with E-state index in [4.69, 9.17) is 0 Å². The highest BCUT2D eigenvalue weighted by Gasteiger charge is 2.42. The second-order valence-electron chi connectivity index (χ2n) is 4.83. The van der Waals surface area contributed by atoms with E-state index in [1.807, 2.05) is 0 Å². The van der Waals surface area contributed by atoms with E-state index in [0.29, 0.717) is 5.04 Å². The van der Waals surface area contributed by atoms with Crippen LogP contribution in [0.3, 0.4) is 0 Å². The molecule has 0 aromatic heterocycles. The molecule has 1 aliphatic carbocycles. The van der Waals surface area contributed by atoms with Crippen molar-refractivity contribution in [3.63, 3.8) is 0 Å². The zero-order chi connectivity index (χ0) is 9.64. The van der Waals surface area contributed by atoms with E-state index in [0.717, 1.165) is 0 Å². The number of hydrogen-bond donors (Lipinski definition) is 0. The van der Waals surface area contributed by atoms with Gasteiger partial charge in [-0.25, -0.2) is 0 Å². The fraction of sp³-hybridized carbons (Fsp3) is 0.667. The summed E-state index contributed by atoms with van der Waals surface area (Å²) in [5, 5.41) is 0.423. The molecule has 0 spiro atoms. The van der Waals surface area contributed by atoms with Gasteiger partial charge in [-0.1, -0.05) is 31.0 Å². The Bertz CT molecular complexity index is 294. The predicted octanol–water partition coefficient (Wildman–Crippen LogP) is 3.48. The molecule has 0 aromatic rings. The summed E-state index contributed by atoms with van der Waals surface area (Å²) in [4.78, 5) is 0. The van der Waals surface area contributed by atoms with Gasteiger partial charge in [-0.2, -0.15) is 0 Å². The molecule has 1 heteroatoms. The Morgan fingerprint density at radius 2 is 1.85 bits per heavy atom. The van der Waals surface area contributed by atoms with Crippen LogP contribution >= 0.6 is 0 Å². The molecule has 1 aliphatic heterocycles. The summed E-state index contributed by atoms with van der Waals surface area (Å²) in [7, 11) is -0.493. The SMILES string of the molecule is CC1=[C]C(C)([SiH]2CCC2)C(C)=C1C. The molecule has 71 valence electrons. The van der Waals surface area contributed by atoms with E-state index >= 15 is 0 Å². The summed E-state index contributed by atoms with van der Waals surface area (Å²) in [5.41, 5.74) is 4.56. The van der Waals surface area contributed by atoms with Crippen LogP contribution in [0.1, 0.15) is 34.1 Å². The molecule has 2 rings (SSSR count). The lowest BCUT2D eigenvalue weighted by atomic mass is 10.0. The van der Waals surface area contributed by atoms with Crippen LogP contribution in [0.15, 0.2) is 16.7 Å². The fourth-order valence-electron chi connectivity index (χ4n) is 2.64. The number of rotatable bonds is 1. The lowest BCUT2D eigenvalue weighted by molar-refractivity contribution is 0.770. The molecule has 2 aliphatic rings. The third-order valence-corrected chi connectivity index (χ3v) is 8.69. The van der Waals surface area contributed by atoms with E-state index in [1.165, 1.54) is 17.6 Å². The highest BCUT2D eigenvalue weighted by molar-refractivity contribution is 6.66. The summed E-state index contributed by atoms with van der Waals surface area (Å²) < 4.78 is 0. The molecule has 1 saturated heterocycles. The lowest BCUT2D eigenvalue weighted by Crippen LogP contribution is -2.35. The second kappa shape index (κ2) is 2.84. The third kappa shape index (κ3) is 1.17. The van der Waals surface area contributed by atoms with Gasteiger partial charge >= 0.3 is 0 Å². The molecule has 1 fully saturated rings. The van der Waals surface area contributed by atoms with Crippen molar-refractivity contribution < 1.29 is 0 Å². The first-order chi connectivity index (χ1) is 6.05. The Labute approximate surface area is 83.3 Å². The molecule has 1 unspecified atom stereocenters. The van der Waals surface area contributed by atoms with E-state index in [2.05, 4.69) is 33.8 Å². The Morgan fingerprint density at radius 1 is 1.23 bits per heavy atom.